The molecule has 1 saturated heterocycles. The maximum Gasteiger partial charge on any atom is 0.221 e. The van der Waals surface area contributed by atoms with E-state index in [2.05, 4.69) is 10.6 Å². The fraction of sp³-hybridized carbons (Fsp3) is 0.909. The standard InChI is InChI=1S/C11H22N2O3S/c1-9(2)8-17(15,16)6-4-11(14)13-10-3-5-12-7-10/h9-10,12H,3-8H2,1-2H3,(H,13,14). The van der Waals surface area contributed by atoms with Gasteiger partial charge in [0.2, 0.25) is 5.91 Å². The maximum atomic E-state index is 11.6. The van der Waals surface area contributed by atoms with E-state index in [-0.39, 0.29) is 35.8 Å². The van der Waals surface area contributed by atoms with Gasteiger partial charge in [0.1, 0.15) is 0 Å². The van der Waals surface area contributed by atoms with E-state index in [0.29, 0.717) is 0 Å². The summed E-state index contributed by atoms with van der Waals surface area (Å²) in [6, 6.07) is 0.162. The van der Waals surface area contributed by atoms with E-state index in [1.807, 2.05) is 13.8 Å². The zero-order valence-electron chi connectivity index (χ0n) is 10.5. The molecule has 1 heterocycles. The normalized spacial score (nSPS) is 20.8. The molecule has 17 heavy (non-hydrogen) atoms. The molecule has 1 unspecified atom stereocenters. The number of carbonyl (C=O) groups is 1. The third kappa shape index (κ3) is 6.02. The molecule has 0 aliphatic carbocycles. The van der Waals surface area contributed by atoms with Crippen LogP contribution in [0.2, 0.25) is 0 Å². The second-order valence-corrected chi connectivity index (χ2v) is 7.24. The first-order valence-corrected chi connectivity index (χ1v) is 7.91. The molecule has 0 bridgehead atoms. The molecule has 5 nitrogen and oxygen atoms in total. The van der Waals surface area contributed by atoms with Crippen LogP contribution in [0.5, 0.6) is 0 Å². The Kier molecular flexibility index (Phi) is 5.39. The smallest absolute Gasteiger partial charge is 0.221 e. The van der Waals surface area contributed by atoms with Gasteiger partial charge in [0.15, 0.2) is 9.84 Å². The number of carbonyl (C=O) groups excluding carboxylic acids is 1. The summed E-state index contributed by atoms with van der Waals surface area (Å²) in [6.07, 6.45) is 0.996. The number of nitrogens with one attached hydrogen (secondary N) is 2. The highest BCUT2D eigenvalue weighted by atomic mass is 32.2. The first kappa shape index (κ1) is 14.4. The Morgan fingerprint density at radius 2 is 2.18 bits per heavy atom. The van der Waals surface area contributed by atoms with Gasteiger partial charge in [-0.1, -0.05) is 13.8 Å². The quantitative estimate of drug-likeness (QED) is 0.702. The van der Waals surface area contributed by atoms with Gasteiger partial charge in [-0.2, -0.15) is 0 Å². The lowest BCUT2D eigenvalue weighted by molar-refractivity contribution is -0.121. The molecule has 0 aromatic rings. The molecular weight excluding hydrogens is 240 g/mol. The Bertz CT molecular complexity index is 346. The van der Waals surface area contributed by atoms with E-state index in [1.165, 1.54) is 0 Å². The summed E-state index contributed by atoms with van der Waals surface area (Å²) < 4.78 is 23.2. The van der Waals surface area contributed by atoms with Crippen molar-refractivity contribution in [2.75, 3.05) is 24.6 Å². The lowest BCUT2D eigenvalue weighted by atomic mass is 10.2. The molecule has 1 amide bonds. The van der Waals surface area contributed by atoms with Crippen molar-refractivity contribution < 1.29 is 13.2 Å². The molecule has 0 spiro atoms. The molecular formula is C11H22N2O3S. The fourth-order valence-electron chi connectivity index (χ4n) is 1.92. The first-order chi connectivity index (χ1) is 7.89. The summed E-state index contributed by atoms with van der Waals surface area (Å²) in [5.74, 6) is 0.0655. The van der Waals surface area contributed by atoms with Crippen LogP contribution in [0.1, 0.15) is 26.7 Å². The summed E-state index contributed by atoms with van der Waals surface area (Å²) in [4.78, 5) is 11.5. The maximum absolute atomic E-state index is 11.6. The van der Waals surface area contributed by atoms with E-state index in [9.17, 15) is 13.2 Å². The third-order valence-electron chi connectivity index (χ3n) is 2.65. The SMILES string of the molecule is CC(C)CS(=O)(=O)CCC(=O)NC1CCNC1. The molecule has 1 aliphatic heterocycles. The van der Waals surface area contributed by atoms with Crippen LogP contribution in [0.4, 0.5) is 0 Å². The largest absolute Gasteiger partial charge is 0.352 e. The molecule has 6 heteroatoms. The number of hydrogen-bond donors (Lipinski definition) is 2. The van der Waals surface area contributed by atoms with Crippen molar-refractivity contribution in [1.29, 1.82) is 0 Å². The lowest BCUT2D eigenvalue weighted by Crippen LogP contribution is -2.37. The van der Waals surface area contributed by atoms with Crippen molar-refractivity contribution in [2.45, 2.75) is 32.7 Å². The van der Waals surface area contributed by atoms with Gasteiger partial charge in [0, 0.05) is 19.0 Å². The van der Waals surface area contributed by atoms with Crippen molar-refractivity contribution >= 4 is 15.7 Å². The zero-order valence-corrected chi connectivity index (χ0v) is 11.3. The monoisotopic (exact) mass is 262 g/mol. The number of rotatable bonds is 6. The minimum absolute atomic E-state index is 0.0445. The molecule has 0 radical (unpaired) electrons. The van der Waals surface area contributed by atoms with Gasteiger partial charge in [-0.15, -0.1) is 0 Å². The van der Waals surface area contributed by atoms with Gasteiger partial charge in [-0.3, -0.25) is 4.79 Å². The van der Waals surface area contributed by atoms with Gasteiger partial charge in [-0.25, -0.2) is 8.42 Å². The molecule has 100 valence electrons. The third-order valence-corrected chi connectivity index (χ3v) is 4.65. The average Bonchev–Trinajstić information content (AvgIpc) is 2.65. The van der Waals surface area contributed by atoms with Crippen LogP contribution in [-0.4, -0.2) is 45.0 Å². The van der Waals surface area contributed by atoms with Crippen LogP contribution < -0.4 is 10.6 Å². The van der Waals surface area contributed by atoms with Gasteiger partial charge >= 0.3 is 0 Å². The highest BCUT2D eigenvalue weighted by Gasteiger charge is 2.19. The van der Waals surface area contributed by atoms with Gasteiger partial charge < -0.3 is 10.6 Å². The first-order valence-electron chi connectivity index (χ1n) is 6.09. The summed E-state index contributed by atoms with van der Waals surface area (Å²) in [6.45, 7) is 5.42. The number of hydrogen-bond acceptors (Lipinski definition) is 4. The average molecular weight is 262 g/mol. The molecule has 1 fully saturated rings. The summed E-state index contributed by atoms with van der Waals surface area (Å²) in [5.41, 5.74) is 0. The van der Waals surface area contributed by atoms with Crippen molar-refractivity contribution in [2.24, 2.45) is 5.92 Å². The molecule has 0 saturated carbocycles. The molecule has 1 aliphatic rings. The van der Waals surface area contributed by atoms with Gasteiger partial charge in [0.25, 0.3) is 0 Å². The van der Waals surface area contributed by atoms with Crippen LogP contribution in [0.15, 0.2) is 0 Å². The summed E-state index contributed by atoms with van der Waals surface area (Å²) >= 11 is 0. The van der Waals surface area contributed by atoms with Crippen LogP contribution in [0.3, 0.4) is 0 Å². The number of sulfone groups is 1. The Labute approximate surface area is 103 Å². The van der Waals surface area contributed by atoms with Crippen molar-refractivity contribution in [3.63, 3.8) is 0 Å². The molecule has 1 rings (SSSR count). The molecule has 1 atom stereocenters. The van der Waals surface area contributed by atoms with E-state index >= 15 is 0 Å². The Morgan fingerprint density at radius 3 is 2.71 bits per heavy atom. The zero-order chi connectivity index (χ0) is 12.9. The van der Waals surface area contributed by atoms with Crippen molar-refractivity contribution in [1.82, 2.24) is 10.6 Å². The van der Waals surface area contributed by atoms with Crippen LogP contribution in [0.25, 0.3) is 0 Å². The summed E-state index contributed by atoms with van der Waals surface area (Å²) in [5, 5.41) is 5.98. The Hall–Kier alpha value is -0.620. The van der Waals surface area contributed by atoms with E-state index in [1.54, 1.807) is 0 Å². The lowest BCUT2D eigenvalue weighted by Gasteiger charge is -2.11. The molecule has 0 aromatic carbocycles. The summed E-state index contributed by atoms with van der Waals surface area (Å²) in [7, 11) is -3.09. The van der Waals surface area contributed by atoms with Crippen LogP contribution in [0, 0.1) is 5.92 Å². The highest BCUT2D eigenvalue weighted by Crippen LogP contribution is 2.03. The van der Waals surface area contributed by atoms with Crippen LogP contribution >= 0.6 is 0 Å². The predicted octanol–water partition coefficient (Wildman–Crippen LogP) is -0.0746. The second-order valence-electron chi connectivity index (χ2n) is 5.02. The van der Waals surface area contributed by atoms with E-state index in [4.69, 9.17) is 0 Å². The Balaban J connectivity index is 2.27. The van der Waals surface area contributed by atoms with Crippen LogP contribution in [-0.2, 0) is 14.6 Å². The van der Waals surface area contributed by atoms with Gasteiger partial charge in [-0.05, 0) is 18.9 Å². The predicted molar refractivity (Wildman–Crippen MR) is 67.5 cm³/mol. The highest BCUT2D eigenvalue weighted by molar-refractivity contribution is 7.91. The fourth-order valence-corrected chi connectivity index (χ4v) is 3.60. The van der Waals surface area contributed by atoms with Crippen molar-refractivity contribution in [3.8, 4) is 0 Å². The number of amides is 1. The van der Waals surface area contributed by atoms with Crippen molar-refractivity contribution in [3.05, 3.63) is 0 Å². The van der Waals surface area contributed by atoms with E-state index < -0.39 is 9.84 Å². The second kappa shape index (κ2) is 6.35. The Morgan fingerprint density at radius 1 is 1.47 bits per heavy atom. The molecule has 2 N–H and O–H groups in total. The minimum atomic E-state index is -3.09. The molecule has 0 aromatic heterocycles. The van der Waals surface area contributed by atoms with E-state index in [0.717, 1.165) is 19.5 Å². The van der Waals surface area contributed by atoms with Gasteiger partial charge in [0.05, 0.1) is 11.5 Å². The minimum Gasteiger partial charge on any atom is -0.352 e. The topological polar surface area (TPSA) is 75.3 Å².